The molecule has 2 amide bonds. The second kappa shape index (κ2) is 8.30. The van der Waals surface area contributed by atoms with Crippen molar-refractivity contribution in [1.82, 2.24) is 5.06 Å². The standard InChI is InChI=1S/C14H23NO7S2/c1-8(2)23-10(4)7-11(24(19,20)21-5)14(18)22-15-12(16)6-9(3)13(15)17/h8-11H,6-7H2,1-5H3. The average Bonchev–Trinajstić information content (AvgIpc) is 2.70. The number of hydrogen-bond acceptors (Lipinski definition) is 8. The van der Waals surface area contributed by atoms with E-state index in [1.165, 1.54) is 18.7 Å². The fourth-order valence-electron chi connectivity index (χ4n) is 2.27. The third-order valence-electron chi connectivity index (χ3n) is 3.40. The predicted octanol–water partition coefficient (Wildman–Crippen LogP) is 1.10. The van der Waals surface area contributed by atoms with Crippen LogP contribution in [0.1, 0.15) is 40.5 Å². The van der Waals surface area contributed by atoms with Gasteiger partial charge in [-0.3, -0.25) is 13.8 Å². The Morgan fingerprint density at radius 3 is 2.33 bits per heavy atom. The first-order valence-corrected chi connectivity index (χ1v) is 9.94. The first kappa shape index (κ1) is 20.9. The summed E-state index contributed by atoms with van der Waals surface area (Å²) in [6.45, 7) is 7.20. The Bertz CT molecular complexity index is 602. The lowest BCUT2D eigenvalue weighted by Gasteiger charge is -2.21. The number of carbonyl (C=O) groups excluding carboxylic acids is 3. The third kappa shape index (κ3) is 5.18. The van der Waals surface area contributed by atoms with E-state index in [2.05, 4.69) is 4.18 Å². The Kier molecular flexibility index (Phi) is 7.24. The molecule has 1 saturated heterocycles. The topological polar surface area (TPSA) is 107 Å². The van der Waals surface area contributed by atoms with Crippen molar-refractivity contribution < 1.29 is 31.8 Å². The van der Waals surface area contributed by atoms with Gasteiger partial charge in [0.25, 0.3) is 21.9 Å². The van der Waals surface area contributed by atoms with Gasteiger partial charge in [-0.1, -0.05) is 27.7 Å². The third-order valence-corrected chi connectivity index (χ3v) is 6.15. The lowest BCUT2D eigenvalue weighted by atomic mass is 10.1. The average molecular weight is 381 g/mol. The predicted molar refractivity (Wildman–Crippen MR) is 88.2 cm³/mol. The fraction of sp³-hybridized carbons (Fsp3) is 0.786. The van der Waals surface area contributed by atoms with Gasteiger partial charge in [0.05, 0.1) is 7.11 Å². The molecule has 1 rings (SSSR count). The van der Waals surface area contributed by atoms with Crippen molar-refractivity contribution in [2.45, 2.75) is 56.3 Å². The first-order valence-electron chi connectivity index (χ1n) is 7.53. The maximum absolute atomic E-state index is 12.3. The van der Waals surface area contributed by atoms with Gasteiger partial charge in [0.1, 0.15) is 0 Å². The van der Waals surface area contributed by atoms with Gasteiger partial charge >= 0.3 is 5.97 Å². The Balaban J connectivity index is 2.92. The molecule has 8 nitrogen and oxygen atoms in total. The van der Waals surface area contributed by atoms with Gasteiger partial charge < -0.3 is 4.84 Å². The van der Waals surface area contributed by atoms with Gasteiger partial charge in [0.15, 0.2) is 5.25 Å². The molecule has 3 atom stereocenters. The highest BCUT2D eigenvalue weighted by molar-refractivity contribution is 8.00. The number of nitrogens with zero attached hydrogens (tertiary/aromatic N) is 1. The molecule has 1 fully saturated rings. The van der Waals surface area contributed by atoms with Gasteiger partial charge in [-0.05, 0) is 11.7 Å². The highest BCUT2D eigenvalue weighted by atomic mass is 32.2. The van der Waals surface area contributed by atoms with Crippen LogP contribution in [0.2, 0.25) is 0 Å². The van der Waals surface area contributed by atoms with Crippen LogP contribution in [0, 0.1) is 5.92 Å². The lowest BCUT2D eigenvalue weighted by molar-refractivity contribution is -0.197. The zero-order chi connectivity index (χ0) is 18.7. The zero-order valence-corrected chi connectivity index (χ0v) is 16.0. The smallest absolute Gasteiger partial charge is 0.329 e. The molecule has 0 radical (unpaired) electrons. The number of imide groups is 1. The minimum Gasteiger partial charge on any atom is -0.329 e. The maximum atomic E-state index is 12.3. The molecular formula is C14H23NO7S2. The summed E-state index contributed by atoms with van der Waals surface area (Å²) < 4.78 is 28.5. The van der Waals surface area contributed by atoms with Gasteiger partial charge in [-0.2, -0.15) is 20.2 Å². The van der Waals surface area contributed by atoms with E-state index >= 15 is 0 Å². The summed E-state index contributed by atoms with van der Waals surface area (Å²) in [7, 11) is -3.27. The Morgan fingerprint density at radius 1 is 1.33 bits per heavy atom. The molecule has 1 heterocycles. The lowest BCUT2D eigenvalue weighted by Crippen LogP contribution is -2.41. The van der Waals surface area contributed by atoms with E-state index in [-0.39, 0.29) is 23.3 Å². The molecule has 24 heavy (non-hydrogen) atoms. The molecule has 138 valence electrons. The van der Waals surface area contributed by atoms with Crippen LogP contribution in [0.15, 0.2) is 0 Å². The highest BCUT2D eigenvalue weighted by Gasteiger charge is 2.43. The summed E-state index contributed by atoms with van der Waals surface area (Å²) in [5, 5.41) is -1.19. The molecule has 10 heteroatoms. The summed E-state index contributed by atoms with van der Waals surface area (Å²) in [6, 6.07) is 0. The molecule has 0 N–H and O–H groups in total. The Morgan fingerprint density at radius 2 is 1.92 bits per heavy atom. The molecule has 0 aliphatic carbocycles. The molecule has 1 aliphatic rings. The molecule has 0 aromatic heterocycles. The second-order valence-corrected chi connectivity index (χ2v) is 9.83. The molecule has 0 bridgehead atoms. The van der Waals surface area contributed by atoms with Crippen molar-refractivity contribution in [3.05, 3.63) is 0 Å². The summed E-state index contributed by atoms with van der Waals surface area (Å²) in [5.41, 5.74) is 0. The Hall–Kier alpha value is -1.13. The first-order chi connectivity index (χ1) is 11.0. The number of thioether (sulfide) groups is 1. The number of hydroxylamine groups is 2. The van der Waals surface area contributed by atoms with Gasteiger partial charge in [-0.15, -0.1) is 5.06 Å². The minimum atomic E-state index is -4.22. The van der Waals surface area contributed by atoms with Crippen LogP contribution in [0.5, 0.6) is 0 Å². The number of rotatable bonds is 8. The summed E-state index contributed by atoms with van der Waals surface area (Å²) >= 11 is 1.50. The van der Waals surface area contributed by atoms with E-state index < -0.39 is 39.1 Å². The fourth-order valence-corrected chi connectivity index (χ4v) is 4.66. The Labute approximate surface area is 146 Å². The largest absolute Gasteiger partial charge is 0.353 e. The monoisotopic (exact) mass is 381 g/mol. The van der Waals surface area contributed by atoms with Crippen LogP contribution in [0.4, 0.5) is 0 Å². The summed E-state index contributed by atoms with van der Waals surface area (Å²) in [6.07, 6.45) is -0.128. The van der Waals surface area contributed by atoms with Crippen LogP contribution in [-0.2, 0) is 33.5 Å². The van der Waals surface area contributed by atoms with Crippen molar-refractivity contribution >= 4 is 39.7 Å². The van der Waals surface area contributed by atoms with Crippen LogP contribution in [0.3, 0.4) is 0 Å². The molecule has 0 aromatic rings. The molecule has 0 spiro atoms. The quantitative estimate of drug-likeness (QED) is 0.454. The van der Waals surface area contributed by atoms with Crippen molar-refractivity contribution in [2.24, 2.45) is 5.92 Å². The number of hydrogen-bond donors (Lipinski definition) is 0. The molecular weight excluding hydrogens is 358 g/mol. The number of carbonyl (C=O) groups is 3. The van der Waals surface area contributed by atoms with Crippen LogP contribution in [0.25, 0.3) is 0 Å². The zero-order valence-electron chi connectivity index (χ0n) is 14.3. The normalized spacial score (nSPS) is 21.2. The molecule has 0 aromatic carbocycles. The van der Waals surface area contributed by atoms with E-state index in [0.717, 1.165) is 7.11 Å². The van der Waals surface area contributed by atoms with Crippen molar-refractivity contribution in [3.8, 4) is 0 Å². The van der Waals surface area contributed by atoms with Crippen molar-refractivity contribution in [2.75, 3.05) is 7.11 Å². The molecule has 3 unspecified atom stereocenters. The molecule has 1 aliphatic heterocycles. The van der Waals surface area contributed by atoms with E-state index in [4.69, 9.17) is 4.84 Å². The minimum absolute atomic E-state index is 0.0520. The number of amides is 2. The van der Waals surface area contributed by atoms with E-state index in [9.17, 15) is 22.8 Å². The SMILES string of the molecule is COS(=O)(=O)C(CC(C)SC(C)C)C(=O)ON1C(=O)CC(C)C1=O. The van der Waals surface area contributed by atoms with E-state index in [1.807, 2.05) is 13.8 Å². The van der Waals surface area contributed by atoms with E-state index in [0.29, 0.717) is 5.06 Å². The molecule has 0 saturated carbocycles. The van der Waals surface area contributed by atoms with Crippen molar-refractivity contribution in [1.29, 1.82) is 0 Å². The summed E-state index contributed by atoms with van der Waals surface area (Å²) in [5.74, 6) is -3.12. The van der Waals surface area contributed by atoms with Crippen LogP contribution >= 0.6 is 11.8 Å². The second-order valence-electron chi connectivity index (χ2n) is 5.92. The van der Waals surface area contributed by atoms with Crippen molar-refractivity contribution in [3.63, 3.8) is 0 Å². The van der Waals surface area contributed by atoms with Crippen LogP contribution in [-0.4, -0.2) is 54.1 Å². The summed E-state index contributed by atoms with van der Waals surface area (Å²) in [4.78, 5) is 40.6. The van der Waals surface area contributed by atoms with Gasteiger partial charge in [-0.25, -0.2) is 4.79 Å². The van der Waals surface area contributed by atoms with Gasteiger partial charge in [0.2, 0.25) is 0 Å². The van der Waals surface area contributed by atoms with Gasteiger partial charge in [0, 0.05) is 17.6 Å². The van der Waals surface area contributed by atoms with Crippen LogP contribution < -0.4 is 0 Å². The highest BCUT2D eigenvalue weighted by Crippen LogP contribution is 2.26. The maximum Gasteiger partial charge on any atom is 0.353 e. The van der Waals surface area contributed by atoms with E-state index in [1.54, 1.807) is 6.92 Å².